The summed E-state index contributed by atoms with van der Waals surface area (Å²) in [6.07, 6.45) is 3.33. The molecule has 0 saturated heterocycles. The first-order valence-electron chi connectivity index (χ1n) is 5.02. The Bertz CT molecular complexity index is 643. The summed E-state index contributed by atoms with van der Waals surface area (Å²) in [5.41, 5.74) is 5.60. The van der Waals surface area contributed by atoms with Gasteiger partial charge in [-0.05, 0) is 30.2 Å². The summed E-state index contributed by atoms with van der Waals surface area (Å²) in [6, 6.07) is 10.9. The monoisotopic (exact) mass is 182 g/mol. The molecule has 0 radical (unpaired) electrons. The maximum absolute atomic E-state index is 2.42. The highest BCUT2D eigenvalue weighted by Crippen LogP contribution is 2.29. The molecule has 0 spiro atoms. The van der Waals surface area contributed by atoms with Crippen LogP contribution in [-0.2, 0) is 13.0 Å². The van der Waals surface area contributed by atoms with Gasteiger partial charge in [0, 0.05) is 12.7 Å². The fourth-order valence-electron chi connectivity index (χ4n) is 2.65. The molecule has 1 aromatic carbocycles. The number of fused-ring (bicyclic) bond motifs is 3. The normalized spacial score (nSPS) is 14.6. The molecule has 2 heteroatoms. The van der Waals surface area contributed by atoms with Crippen molar-refractivity contribution in [3.05, 3.63) is 42.1 Å². The Hall–Kier alpha value is -1.70. The SMILES string of the molecule is c1cc2c3c(c1)n1cccc1n3CC2. The number of nitrogens with zero attached hydrogens (tertiary/aromatic N) is 2. The van der Waals surface area contributed by atoms with Crippen molar-refractivity contribution in [1.82, 2.24) is 8.97 Å². The Morgan fingerprint density at radius 1 is 1.07 bits per heavy atom. The molecule has 3 heterocycles. The van der Waals surface area contributed by atoms with Gasteiger partial charge in [-0.3, -0.25) is 0 Å². The van der Waals surface area contributed by atoms with Crippen molar-refractivity contribution < 1.29 is 0 Å². The second-order valence-corrected chi connectivity index (χ2v) is 3.92. The summed E-state index contributed by atoms with van der Waals surface area (Å²) >= 11 is 0. The summed E-state index contributed by atoms with van der Waals surface area (Å²) in [6.45, 7) is 1.14. The number of aryl methyl sites for hydroxylation is 2. The number of imidazole rings is 1. The maximum Gasteiger partial charge on any atom is 0.117 e. The zero-order chi connectivity index (χ0) is 9.12. The Balaban J connectivity index is 2.44. The molecule has 14 heavy (non-hydrogen) atoms. The summed E-state index contributed by atoms with van der Waals surface area (Å²) in [5.74, 6) is 0. The van der Waals surface area contributed by atoms with Crippen molar-refractivity contribution in [3.63, 3.8) is 0 Å². The van der Waals surface area contributed by atoms with E-state index in [2.05, 4.69) is 45.5 Å². The van der Waals surface area contributed by atoms with Gasteiger partial charge in [-0.2, -0.15) is 0 Å². The van der Waals surface area contributed by atoms with Gasteiger partial charge in [0.25, 0.3) is 0 Å². The molecular formula is C12H10N2. The van der Waals surface area contributed by atoms with E-state index in [0.717, 1.165) is 6.54 Å². The average molecular weight is 182 g/mol. The number of hydrogen-bond donors (Lipinski definition) is 0. The van der Waals surface area contributed by atoms with Crippen molar-refractivity contribution in [2.75, 3.05) is 0 Å². The van der Waals surface area contributed by atoms with Gasteiger partial charge in [0.05, 0.1) is 11.0 Å². The van der Waals surface area contributed by atoms with Gasteiger partial charge in [0.15, 0.2) is 0 Å². The van der Waals surface area contributed by atoms with Crippen molar-refractivity contribution in [1.29, 1.82) is 0 Å². The quantitative estimate of drug-likeness (QED) is 0.505. The first kappa shape index (κ1) is 6.71. The number of rotatable bonds is 0. The fourth-order valence-corrected chi connectivity index (χ4v) is 2.65. The Kier molecular flexibility index (Phi) is 0.973. The molecule has 3 aromatic rings. The van der Waals surface area contributed by atoms with Crippen molar-refractivity contribution in [3.8, 4) is 0 Å². The lowest BCUT2D eigenvalue weighted by atomic mass is 10.2. The zero-order valence-electron chi connectivity index (χ0n) is 7.77. The van der Waals surface area contributed by atoms with Crippen LogP contribution in [0.15, 0.2) is 36.5 Å². The van der Waals surface area contributed by atoms with E-state index in [9.17, 15) is 0 Å². The van der Waals surface area contributed by atoms with Crippen LogP contribution >= 0.6 is 0 Å². The Morgan fingerprint density at radius 2 is 2.07 bits per heavy atom. The van der Waals surface area contributed by atoms with Crippen LogP contribution in [0.2, 0.25) is 0 Å². The van der Waals surface area contributed by atoms with Gasteiger partial charge in [-0.25, -0.2) is 0 Å². The lowest BCUT2D eigenvalue weighted by molar-refractivity contribution is 0.787. The molecule has 0 unspecified atom stereocenters. The third-order valence-electron chi connectivity index (χ3n) is 3.24. The minimum atomic E-state index is 1.14. The Morgan fingerprint density at radius 3 is 3.07 bits per heavy atom. The van der Waals surface area contributed by atoms with Crippen LogP contribution in [0, 0.1) is 0 Å². The van der Waals surface area contributed by atoms with Crippen LogP contribution < -0.4 is 0 Å². The smallest absolute Gasteiger partial charge is 0.117 e. The molecule has 4 rings (SSSR count). The van der Waals surface area contributed by atoms with Gasteiger partial charge in [-0.15, -0.1) is 0 Å². The molecule has 0 aliphatic carbocycles. The van der Waals surface area contributed by atoms with E-state index in [1.54, 1.807) is 0 Å². The van der Waals surface area contributed by atoms with Crippen LogP contribution in [0.5, 0.6) is 0 Å². The summed E-state index contributed by atoms with van der Waals surface area (Å²) in [7, 11) is 0. The minimum Gasteiger partial charge on any atom is -0.325 e. The van der Waals surface area contributed by atoms with E-state index in [0.29, 0.717) is 0 Å². The van der Waals surface area contributed by atoms with Crippen LogP contribution in [0.4, 0.5) is 0 Å². The van der Waals surface area contributed by atoms with Crippen molar-refractivity contribution in [2.45, 2.75) is 13.0 Å². The molecular weight excluding hydrogens is 172 g/mol. The highest BCUT2D eigenvalue weighted by molar-refractivity contribution is 5.86. The van der Waals surface area contributed by atoms with E-state index in [1.165, 1.54) is 28.7 Å². The Labute approximate surface area is 81.4 Å². The predicted molar refractivity (Wildman–Crippen MR) is 56.6 cm³/mol. The molecule has 0 atom stereocenters. The van der Waals surface area contributed by atoms with Gasteiger partial charge in [0.1, 0.15) is 5.65 Å². The minimum absolute atomic E-state index is 1.14. The van der Waals surface area contributed by atoms with E-state index in [4.69, 9.17) is 0 Å². The largest absolute Gasteiger partial charge is 0.325 e. The van der Waals surface area contributed by atoms with E-state index >= 15 is 0 Å². The molecule has 2 nitrogen and oxygen atoms in total. The standard InChI is InChI=1S/C12H10N2/c1-3-9-6-8-14-11-5-2-7-13(11)10(4-1)12(9)14/h1-5,7H,6,8H2. The highest BCUT2D eigenvalue weighted by atomic mass is 15.1. The number of para-hydroxylation sites is 1. The van der Waals surface area contributed by atoms with Crippen LogP contribution in [-0.4, -0.2) is 8.97 Å². The first-order valence-corrected chi connectivity index (χ1v) is 5.02. The maximum atomic E-state index is 2.42. The molecule has 2 aromatic heterocycles. The van der Waals surface area contributed by atoms with Gasteiger partial charge >= 0.3 is 0 Å². The summed E-state index contributed by atoms with van der Waals surface area (Å²) in [4.78, 5) is 0. The zero-order valence-corrected chi connectivity index (χ0v) is 7.77. The highest BCUT2D eigenvalue weighted by Gasteiger charge is 2.17. The third-order valence-corrected chi connectivity index (χ3v) is 3.24. The molecule has 68 valence electrons. The topological polar surface area (TPSA) is 9.34 Å². The second-order valence-electron chi connectivity index (χ2n) is 3.92. The second kappa shape index (κ2) is 2.03. The number of aromatic nitrogens is 2. The van der Waals surface area contributed by atoms with Crippen LogP contribution in [0.25, 0.3) is 16.7 Å². The molecule has 0 amide bonds. The lowest BCUT2D eigenvalue weighted by Gasteiger charge is -1.94. The predicted octanol–water partition coefficient (Wildman–Crippen LogP) is 2.45. The summed E-state index contributed by atoms with van der Waals surface area (Å²) in [5, 5.41) is 0. The fraction of sp³-hybridized carbons (Fsp3) is 0.167. The molecule has 0 N–H and O–H groups in total. The van der Waals surface area contributed by atoms with E-state index in [-0.39, 0.29) is 0 Å². The molecule has 0 saturated carbocycles. The molecule has 0 bridgehead atoms. The van der Waals surface area contributed by atoms with Gasteiger partial charge in [0.2, 0.25) is 0 Å². The molecule has 1 aliphatic rings. The first-order chi connectivity index (χ1) is 6.95. The van der Waals surface area contributed by atoms with Crippen LogP contribution in [0.3, 0.4) is 0 Å². The third kappa shape index (κ3) is 0.577. The number of benzene rings is 1. The van der Waals surface area contributed by atoms with Crippen molar-refractivity contribution >= 4 is 16.7 Å². The van der Waals surface area contributed by atoms with E-state index in [1.807, 2.05) is 0 Å². The average Bonchev–Trinajstić information content (AvgIpc) is 2.87. The number of hydrogen-bond acceptors (Lipinski definition) is 0. The lowest BCUT2D eigenvalue weighted by Crippen LogP contribution is -1.91. The van der Waals surface area contributed by atoms with E-state index < -0.39 is 0 Å². The van der Waals surface area contributed by atoms with Crippen molar-refractivity contribution in [2.24, 2.45) is 0 Å². The van der Waals surface area contributed by atoms with Crippen LogP contribution in [0.1, 0.15) is 5.56 Å². The van der Waals surface area contributed by atoms with Gasteiger partial charge in [-0.1, -0.05) is 12.1 Å². The van der Waals surface area contributed by atoms with Gasteiger partial charge < -0.3 is 8.97 Å². The molecule has 1 aliphatic heterocycles. The molecule has 0 fully saturated rings. The summed E-state index contributed by atoms with van der Waals surface area (Å²) < 4.78 is 4.70.